The van der Waals surface area contributed by atoms with Gasteiger partial charge in [0.25, 0.3) is 0 Å². The van der Waals surface area contributed by atoms with Gasteiger partial charge < -0.3 is 9.72 Å². The van der Waals surface area contributed by atoms with Crippen LogP contribution in [0, 0.1) is 13.8 Å². The monoisotopic (exact) mass is 395 g/mol. The number of fused-ring (bicyclic) bond motifs is 1. The van der Waals surface area contributed by atoms with Gasteiger partial charge in [-0.05, 0) is 62.8 Å². The number of hydrogen-bond donors (Lipinski definition) is 1. The van der Waals surface area contributed by atoms with Gasteiger partial charge in [0.15, 0.2) is 18.2 Å². The largest absolute Gasteiger partial charge is 0.457 e. The number of ketones is 3. The minimum Gasteiger partial charge on any atom is -0.457 e. The second-order valence-electron chi connectivity index (χ2n) is 7.53. The van der Waals surface area contributed by atoms with Crippen LogP contribution >= 0.6 is 0 Å². The number of carbonyl (C=O) groups excluding carboxylic acids is 4. The number of ether oxygens (including phenoxy) is 1. The lowest BCUT2D eigenvalue weighted by molar-refractivity contribution is -0.142. The van der Waals surface area contributed by atoms with Gasteiger partial charge in [-0.1, -0.05) is 12.1 Å². The highest BCUT2D eigenvalue weighted by molar-refractivity contribution is 6.04. The Morgan fingerprint density at radius 2 is 1.72 bits per heavy atom. The normalized spacial score (nSPS) is 12.5. The molecule has 0 bridgehead atoms. The van der Waals surface area contributed by atoms with Crippen molar-refractivity contribution >= 4 is 23.3 Å². The van der Waals surface area contributed by atoms with E-state index in [0.717, 1.165) is 19.3 Å². The number of aromatic amines is 1. The number of carbonyl (C=O) groups is 4. The SMILES string of the molecule is CC(=O)c1c(C)[nH]c(C(=O)COC(=O)CCC(=O)c2ccc3c(c2)CCC3)c1C. The van der Waals surface area contributed by atoms with Crippen LogP contribution in [0.5, 0.6) is 0 Å². The maximum atomic E-state index is 12.3. The van der Waals surface area contributed by atoms with Crippen LogP contribution in [0.1, 0.15) is 79.8 Å². The van der Waals surface area contributed by atoms with Crippen molar-refractivity contribution in [2.24, 2.45) is 0 Å². The zero-order chi connectivity index (χ0) is 21.1. The molecular weight excluding hydrogens is 370 g/mol. The second kappa shape index (κ2) is 8.55. The fraction of sp³-hybridized carbons (Fsp3) is 0.391. The van der Waals surface area contributed by atoms with E-state index in [1.165, 1.54) is 18.1 Å². The van der Waals surface area contributed by atoms with Crippen LogP contribution in [0.25, 0.3) is 0 Å². The minimum atomic E-state index is -0.597. The van der Waals surface area contributed by atoms with Crippen molar-refractivity contribution in [1.29, 1.82) is 0 Å². The lowest BCUT2D eigenvalue weighted by Crippen LogP contribution is -2.16. The van der Waals surface area contributed by atoms with Crippen LogP contribution in [-0.2, 0) is 22.4 Å². The van der Waals surface area contributed by atoms with Gasteiger partial charge in [0.2, 0.25) is 5.78 Å². The first-order valence-electron chi connectivity index (χ1n) is 9.82. The predicted octanol–water partition coefficient (Wildman–Crippen LogP) is 3.71. The molecule has 0 amide bonds. The molecule has 3 rings (SSSR count). The zero-order valence-electron chi connectivity index (χ0n) is 17.0. The van der Waals surface area contributed by atoms with Crippen LogP contribution in [0.3, 0.4) is 0 Å². The van der Waals surface area contributed by atoms with Crippen LogP contribution in [0.15, 0.2) is 18.2 Å². The van der Waals surface area contributed by atoms with Crippen molar-refractivity contribution in [3.63, 3.8) is 0 Å². The molecule has 6 nitrogen and oxygen atoms in total. The van der Waals surface area contributed by atoms with Crippen molar-refractivity contribution in [1.82, 2.24) is 4.98 Å². The topological polar surface area (TPSA) is 93.3 Å². The Balaban J connectivity index is 1.51. The fourth-order valence-electron chi connectivity index (χ4n) is 3.95. The van der Waals surface area contributed by atoms with Gasteiger partial charge in [0.1, 0.15) is 0 Å². The minimum absolute atomic E-state index is 0.0426. The van der Waals surface area contributed by atoms with Crippen molar-refractivity contribution in [3.8, 4) is 0 Å². The molecule has 0 aliphatic heterocycles. The number of nitrogens with one attached hydrogen (secondary N) is 1. The summed E-state index contributed by atoms with van der Waals surface area (Å²) < 4.78 is 5.04. The van der Waals surface area contributed by atoms with E-state index in [4.69, 9.17) is 4.74 Å². The van der Waals surface area contributed by atoms with Crippen molar-refractivity contribution in [2.75, 3.05) is 6.61 Å². The summed E-state index contributed by atoms with van der Waals surface area (Å²) in [5, 5.41) is 0. The summed E-state index contributed by atoms with van der Waals surface area (Å²) in [6.07, 6.45) is 3.12. The highest BCUT2D eigenvalue weighted by Gasteiger charge is 2.21. The maximum Gasteiger partial charge on any atom is 0.306 e. The Morgan fingerprint density at radius 3 is 2.41 bits per heavy atom. The molecule has 1 N–H and O–H groups in total. The Morgan fingerprint density at radius 1 is 1.00 bits per heavy atom. The third-order valence-electron chi connectivity index (χ3n) is 5.41. The third-order valence-corrected chi connectivity index (χ3v) is 5.41. The number of H-pyrrole nitrogens is 1. The molecule has 152 valence electrons. The van der Waals surface area contributed by atoms with E-state index in [1.807, 2.05) is 18.2 Å². The highest BCUT2D eigenvalue weighted by Crippen LogP contribution is 2.23. The Bertz CT molecular complexity index is 999. The van der Waals surface area contributed by atoms with E-state index in [9.17, 15) is 19.2 Å². The number of rotatable bonds is 8. The van der Waals surface area contributed by atoms with Gasteiger partial charge in [-0.15, -0.1) is 0 Å². The first kappa shape index (κ1) is 20.7. The van der Waals surface area contributed by atoms with Crippen LogP contribution < -0.4 is 0 Å². The number of aromatic nitrogens is 1. The average Bonchev–Trinajstić information content (AvgIpc) is 3.27. The maximum absolute atomic E-state index is 12.3. The summed E-state index contributed by atoms with van der Waals surface area (Å²) in [6, 6.07) is 5.72. The molecule has 0 unspecified atom stereocenters. The molecule has 1 aromatic carbocycles. The molecule has 0 fully saturated rings. The van der Waals surface area contributed by atoms with Gasteiger partial charge in [0.05, 0.1) is 12.1 Å². The molecular formula is C23H25NO5. The van der Waals surface area contributed by atoms with Crippen LogP contribution in [0.2, 0.25) is 0 Å². The summed E-state index contributed by atoms with van der Waals surface area (Å²) in [7, 11) is 0. The number of aryl methyl sites for hydroxylation is 3. The van der Waals surface area contributed by atoms with Gasteiger partial charge in [-0.2, -0.15) is 0 Å². The number of benzene rings is 1. The summed E-state index contributed by atoms with van der Waals surface area (Å²) >= 11 is 0. The average molecular weight is 395 g/mol. The summed E-state index contributed by atoms with van der Waals surface area (Å²) in [5.41, 5.74) is 5.05. The molecule has 2 aromatic rings. The number of esters is 1. The quantitative estimate of drug-likeness (QED) is 0.543. The molecule has 6 heteroatoms. The number of hydrogen-bond acceptors (Lipinski definition) is 5. The summed E-state index contributed by atoms with van der Waals surface area (Å²) in [4.78, 5) is 51.2. The lowest BCUT2D eigenvalue weighted by atomic mass is 10.0. The van der Waals surface area contributed by atoms with Gasteiger partial charge in [-0.3, -0.25) is 19.2 Å². The molecule has 1 heterocycles. The molecule has 1 aliphatic rings. The Kier molecular flexibility index (Phi) is 6.11. The first-order chi connectivity index (χ1) is 13.8. The Labute approximate surface area is 169 Å². The van der Waals surface area contributed by atoms with Gasteiger partial charge in [0, 0.05) is 23.2 Å². The first-order valence-corrected chi connectivity index (χ1v) is 9.82. The second-order valence-corrected chi connectivity index (χ2v) is 7.53. The molecule has 0 spiro atoms. The standard InChI is InChI=1S/C23H25NO5/c1-13-22(15(3)25)14(2)24-23(13)20(27)12-29-21(28)10-9-19(26)18-8-7-16-5-4-6-17(16)11-18/h7-8,11,24H,4-6,9-10,12H2,1-3H3. The lowest BCUT2D eigenvalue weighted by Gasteiger charge is -2.06. The van der Waals surface area contributed by atoms with E-state index in [0.29, 0.717) is 22.4 Å². The smallest absolute Gasteiger partial charge is 0.306 e. The molecule has 1 aromatic heterocycles. The highest BCUT2D eigenvalue weighted by atomic mass is 16.5. The van der Waals surface area contributed by atoms with Crippen molar-refractivity contribution in [3.05, 3.63) is 57.4 Å². The molecule has 1 aliphatic carbocycles. The number of Topliss-reactive ketones (excluding diaryl/α,β-unsaturated/α-hetero) is 3. The van der Waals surface area contributed by atoms with Crippen LogP contribution in [0.4, 0.5) is 0 Å². The molecule has 29 heavy (non-hydrogen) atoms. The fourth-order valence-corrected chi connectivity index (χ4v) is 3.95. The molecule has 0 atom stereocenters. The summed E-state index contributed by atoms with van der Waals surface area (Å²) in [5.74, 6) is -1.24. The van der Waals surface area contributed by atoms with E-state index in [-0.39, 0.29) is 30.1 Å². The summed E-state index contributed by atoms with van der Waals surface area (Å²) in [6.45, 7) is 4.42. The van der Waals surface area contributed by atoms with Crippen molar-refractivity contribution < 1.29 is 23.9 Å². The molecule has 0 radical (unpaired) electrons. The predicted molar refractivity (Wildman–Crippen MR) is 108 cm³/mol. The molecule has 0 saturated heterocycles. The van der Waals surface area contributed by atoms with E-state index in [2.05, 4.69) is 4.98 Å². The molecule has 0 saturated carbocycles. The van der Waals surface area contributed by atoms with Crippen molar-refractivity contribution in [2.45, 2.75) is 52.9 Å². The van der Waals surface area contributed by atoms with Crippen LogP contribution in [-0.4, -0.2) is 34.9 Å². The van der Waals surface area contributed by atoms with E-state index in [1.54, 1.807) is 13.8 Å². The van der Waals surface area contributed by atoms with E-state index < -0.39 is 18.4 Å². The zero-order valence-corrected chi connectivity index (χ0v) is 17.0. The Hall–Kier alpha value is -3.02. The van der Waals surface area contributed by atoms with E-state index >= 15 is 0 Å². The third kappa shape index (κ3) is 4.53. The van der Waals surface area contributed by atoms with Gasteiger partial charge in [-0.25, -0.2) is 0 Å². The van der Waals surface area contributed by atoms with Gasteiger partial charge >= 0.3 is 5.97 Å².